The van der Waals surface area contributed by atoms with Crippen LogP contribution < -0.4 is 5.63 Å². The molecule has 0 fully saturated rings. The Bertz CT molecular complexity index is 1000. The molecule has 3 aromatic rings. The van der Waals surface area contributed by atoms with Gasteiger partial charge in [0.25, 0.3) is 0 Å². The van der Waals surface area contributed by atoms with Crippen LogP contribution in [0, 0.1) is 6.92 Å². The second kappa shape index (κ2) is 8.97. The van der Waals surface area contributed by atoms with Gasteiger partial charge in [0.05, 0.1) is 5.56 Å². The molecular formula is C23H25ClO3S. The van der Waals surface area contributed by atoms with Crippen LogP contribution in [0.5, 0.6) is 5.75 Å². The second-order valence-electron chi connectivity index (χ2n) is 7.04. The van der Waals surface area contributed by atoms with Crippen molar-refractivity contribution < 1.29 is 9.52 Å². The van der Waals surface area contributed by atoms with Crippen LogP contribution in [0.15, 0.2) is 45.6 Å². The average molecular weight is 417 g/mol. The van der Waals surface area contributed by atoms with E-state index in [0.717, 1.165) is 28.8 Å². The molecule has 0 saturated heterocycles. The van der Waals surface area contributed by atoms with E-state index in [-0.39, 0.29) is 11.7 Å². The van der Waals surface area contributed by atoms with Crippen molar-refractivity contribution in [2.75, 3.05) is 0 Å². The van der Waals surface area contributed by atoms with E-state index in [4.69, 9.17) is 16.0 Å². The first-order valence-electron chi connectivity index (χ1n) is 9.60. The Labute approximate surface area is 174 Å². The van der Waals surface area contributed by atoms with E-state index >= 15 is 0 Å². The van der Waals surface area contributed by atoms with Crippen molar-refractivity contribution in [3.8, 4) is 5.75 Å². The zero-order valence-electron chi connectivity index (χ0n) is 16.4. The molecule has 0 aliphatic carbocycles. The summed E-state index contributed by atoms with van der Waals surface area (Å²) in [6, 6.07) is 11.7. The maximum Gasteiger partial charge on any atom is 0.343 e. The van der Waals surface area contributed by atoms with Crippen LogP contribution in [0.3, 0.4) is 0 Å². The smallest absolute Gasteiger partial charge is 0.343 e. The summed E-state index contributed by atoms with van der Waals surface area (Å²) < 4.78 is 5.80. The van der Waals surface area contributed by atoms with Gasteiger partial charge in [0.1, 0.15) is 11.5 Å². The van der Waals surface area contributed by atoms with Crippen molar-refractivity contribution in [1.29, 1.82) is 0 Å². The third-order valence-corrected chi connectivity index (χ3v) is 6.33. The third kappa shape index (κ3) is 4.50. The van der Waals surface area contributed by atoms with Gasteiger partial charge in [-0.25, -0.2) is 4.79 Å². The molecule has 3 nitrogen and oxygen atoms in total. The summed E-state index contributed by atoms with van der Waals surface area (Å²) in [4.78, 5) is 14.9. The summed E-state index contributed by atoms with van der Waals surface area (Å²) >= 11 is 7.61. The molecule has 0 bridgehead atoms. The molecule has 28 heavy (non-hydrogen) atoms. The van der Waals surface area contributed by atoms with Gasteiger partial charge in [0.2, 0.25) is 0 Å². The summed E-state index contributed by atoms with van der Waals surface area (Å²) in [6.07, 6.45) is 2.54. The largest absolute Gasteiger partial charge is 0.507 e. The molecule has 1 N–H and O–H groups in total. The van der Waals surface area contributed by atoms with E-state index in [0.29, 0.717) is 29.2 Å². The van der Waals surface area contributed by atoms with Crippen molar-refractivity contribution in [2.45, 2.75) is 52.4 Å². The Hall–Kier alpha value is -2.04. The summed E-state index contributed by atoms with van der Waals surface area (Å²) in [5.41, 5.74) is 1.77. The third-order valence-electron chi connectivity index (χ3n) is 5.08. The van der Waals surface area contributed by atoms with E-state index in [9.17, 15) is 9.90 Å². The van der Waals surface area contributed by atoms with E-state index in [1.165, 1.54) is 4.88 Å². The number of rotatable bonds is 7. The van der Waals surface area contributed by atoms with Crippen molar-refractivity contribution in [3.05, 3.63) is 84.0 Å². The van der Waals surface area contributed by atoms with Gasteiger partial charge >= 0.3 is 5.63 Å². The highest BCUT2D eigenvalue weighted by Gasteiger charge is 2.24. The van der Waals surface area contributed by atoms with Crippen molar-refractivity contribution in [3.63, 3.8) is 0 Å². The molecule has 0 spiro atoms. The molecule has 0 radical (unpaired) electrons. The monoisotopic (exact) mass is 416 g/mol. The molecule has 2 aromatic heterocycles. The predicted molar refractivity (Wildman–Crippen MR) is 116 cm³/mol. The lowest BCUT2D eigenvalue weighted by Gasteiger charge is -2.19. The van der Waals surface area contributed by atoms with E-state index in [2.05, 4.69) is 6.92 Å². The Morgan fingerprint density at radius 2 is 1.82 bits per heavy atom. The maximum absolute atomic E-state index is 12.7. The molecule has 0 saturated carbocycles. The Morgan fingerprint density at radius 1 is 1.11 bits per heavy atom. The Balaban J connectivity index is 1.97. The van der Waals surface area contributed by atoms with Gasteiger partial charge in [-0.05, 0) is 56.0 Å². The van der Waals surface area contributed by atoms with Gasteiger partial charge < -0.3 is 9.52 Å². The topological polar surface area (TPSA) is 50.4 Å². The molecular weight excluding hydrogens is 392 g/mol. The zero-order valence-corrected chi connectivity index (χ0v) is 18.0. The number of halogens is 1. The highest BCUT2D eigenvalue weighted by atomic mass is 35.5. The maximum atomic E-state index is 12.7. The Kier molecular flexibility index (Phi) is 6.63. The highest BCUT2D eigenvalue weighted by Crippen LogP contribution is 2.34. The molecule has 2 heterocycles. The van der Waals surface area contributed by atoms with Gasteiger partial charge in [0.15, 0.2) is 0 Å². The van der Waals surface area contributed by atoms with E-state index in [1.54, 1.807) is 11.3 Å². The van der Waals surface area contributed by atoms with Gasteiger partial charge in [-0.1, -0.05) is 37.6 Å². The number of hydrogen-bond acceptors (Lipinski definition) is 4. The number of benzene rings is 1. The van der Waals surface area contributed by atoms with Gasteiger partial charge in [-0.15, -0.1) is 11.3 Å². The fourth-order valence-electron chi connectivity index (χ4n) is 3.53. The lowest BCUT2D eigenvalue weighted by atomic mass is 9.90. The predicted octanol–water partition coefficient (Wildman–Crippen LogP) is 6.26. The number of thiophene rings is 1. The fourth-order valence-corrected chi connectivity index (χ4v) is 4.56. The second-order valence-corrected chi connectivity index (χ2v) is 8.85. The van der Waals surface area contributed by atoms with Crippen LogP contribution in [0.25, 0.3) is 0 Å². The summed E-state index contributed by atoms with van der Waals surface area (Å²) in [5.74, 6) is 0.718. The van der Waals surface area contributed by atoms with Gasteiger partial charge in [0, 0.05) is 32.7 Å². The number of hydrogen-bond donors (Lipinski definition) is 1. The molecule has 1 aromatic carbocycles. The highest BCUT2D eigenvalue weighted by molar-refractivity contribution is 7.11. The quantitative estimate of drug-likeness (QED) is 0.494. The van der Waals surface area contributed by atoms with Crippen LogP contribution >= 0.6 is 22.9 Å². The molecule has 0 aliphatic heterocycles. The first-order chi connectivity index (χ1) is 13.4. The average Bonchev–Trinajstić information content (AvgIpc) is 3.09. The standard InChI is InChI=1S/C23H25ClO3S/c1-4-16(12-15-7-9-17(24)10-8-15)22-19(5-2)21(25)20(23(26)27-22)13-18-11-6-14(3)28-18/h6-11,16,25H,4-5,12-13H2,1-3H3. The van der Waals surface area contributed by atoms with Crippen LogP contribution in [0.4, 0.5) is 0 Å². The minimum atomic E-state index is -0.440. The minimum Gasteiger partial charge on any atom is -0.507 e. The van der Waals surface area contributed by atoms with Crippen LogP contribution in [-0.2, 0) is 19.3 Å². The van der Waals surface area contributed by atoms with E-state index < -0.39 is 5.63 Å². The summed E-state index contributed by atoms with van der Waals surface area (Å²) in [5, 5.41) is 11.6. The van der Waals surface area contributed by atoms with Crippen molar-refractivity contribution in [1.82, 2.24) is 0 Å². The summed E-state index contributed by atoms with van der Waals surface area (Å²) in [7, 11) is 0. The normalized spacial score (nSPS) is 12.3. The molecule has 0 aliphatic rings. The minimum absolute atomic E-state index is 0.0211. The number of aryl methyl sites for hydroxylation is 1. The molecule has 148 valence electrons. The first kappa shape index (κ1) is 20.7. The Morgan fingerprint density at radius 3 is 2.39 bits per heavy atom. The molecule has 3 rings (SSSR count). The SMILES string of the molecule is CCc1c(C(CC)Cc2ccc(Cl)cc2)oc(=O)c(Cc2ccc(C)s2)c1O. The first-order valence-corrected chi connectivity index (χ1v) is 10.8. The molecule has 5 heteroatoms. The lowest BCUT2D eigenvalue weighted by molar-refractivity contribution is 0.377. The van der Waals surface area contributed by atoms with Crippen LogP contribution in [0.1, 0.15) is 58.4 Å². The van der Waals surface area contributed by atoms with Gasteiger partial charge in [-0.3, -0.25) is 0 Å². The summed E-state index contributed by atoms with van der Waals surface area (Å²) in [6.45, 7) is 6.08. The van der Waals surface area contributed by atoms with Crippen LogP contribution in [0.2, 0.25) is 5.02 Å². The van der Waals surface area contributed by atoms with Crippen LogP contribution in [-0.4, -0.2) is 5.11 Å². The van der Waals surface area contributed by atoms with E-state index in [1.807, 2.05) is 50.2 Å². The fraction of sp³-hybridized carbons (Fsp3) is 0.348. The molecule has 1 unspecified atom stereocenters. The zero-order chi connectivity index (χ0) is 20.3. The van der Waals surface area contributed by atoms with Crippen molar-refractivity contribution in [2.24, 2.45) is 0 Å². The lowest BCUT2D eigenvalue weighted by Crippen LogP contribution is -2.15. The molecule has 0 amide bonds. The number of aromatic hydroxyl groups is 1. The van der Waals surface area contributed by atoms with Gasteiger partial charge in [-0.2, -0.15) is 0 Å². The van der Waals surface area contributed by atoms with Crippen molar-refractivity contribution >= 4 is 22.9 Å². The molecule has 1 atom stereocenters.